The molecule has 5 nitrogen and oxygen atoms in total. The molecule has 1 amide bonds. The minimum absolute atomic E-state index is 0.116. The van der Waals surface area contributed by atoms with Crippen LogP contribution < -0.4 is 15.8 Å². The minimum atomic E-state index is -0.227. The van der Waals surface area contributed by atoms with Crippen molar-refractivity contribution in [1.82, 2.24) is 5.32 Å². The lowest BCUT2D eigenvalue weighted by Gasteiger charge is -2.70. The summed E-state index contributed by atoms with van der Waals surface area (Å²) in [6, 6.07) is 8.13. The van der Waals surface area contributed by atoms with Gasteiger partial charge in [-0.25, -0.2) is 4.39 Å². The van der Waals surface area contributed by atoms with Crippen molar-refractivity contribution >= 4 is 5.91 Å². The number of nitrogens with one attached hydrogen (secondary N) is 1. The van der Waals surface area contributed by atoms with Gasteiger partial charge in [0, 0.05) is 18.2 Å². The quantitative estimate of drug-likeness (QED) is 0.682. The van der Waals surface area contributed by atoms with Crippen molar-refractivity contribution in [2.24, 2.45) is 11.1 Å². The number of ether oxygens (including phenoxy) is 2. The Morgan fingerprint density at radius 2 is 1.74 bits per heavy atom. The van der Waals surface area contributed by atoms with Crippen LogP contribution in [0.3, 0.4) is 0 Å². The number of amides is 1. The van der Waals surface area contributed by atoms with Gasteiger partial charge in [0.15, 0.2) is 0 Å². The van der Waals surface area contributed by atoms with Crippen LogP contribution in [0, 0.1) is 5.41 Å². The minimum Gasteiger partial charge on any atom is -0.489 e. The van der Waals surface area contributed by atoms with E-state index in [1.165, 1.54) is 5.56 Å². The normalized spacial score (nSPS) is 31.4. The predicted molar refractivity (Wildman–Crippen MR) is 119 cm³/mol. The first kappa shape index (κ1) is 22.3. The number of halogens is 1. The molecule has 31 heavy (non-hydrogen) atoms. The highest BCUT2D eigenvalue weighted by Gasteiger charge is 2.71. The molecule has 0 atom stereocenters. The maximum Gasteiger partial charge on any atom is 0.226 e. The molecule has 1 saturated heterocycles. The second-order valence-corrected chi connectivity index (χ2v) is 11.1. The Morgan fingerprint density at radius 3 is 2.26 bits per heavy atom. The molecule has 1 aromatic rings. The molecule has 170 valence electrons. The van der Waals surface area contributed by atoms with Gasteiger partial charge in [-0.05, 0) is 82.9 Å². The van der Waals surface area contributed by atoms with Crippen LogP contribution in [0.15, 0.2) is 36.2 Å². The van der Waals surface area contributed by atoms with E-state index in [1.807, 2.05) is 12.1 Å². The van der Waals surface area contributed by atoms with Gasteiger partial charge < -0.3 is 20.5 Å². The Hall–Kier alpha value is -1.92. The third-order valence-electron chi connectivity index (χ3n) is 7.18. The molecule has 0 aromatic heterocycles. The highest BCUT2D eigenvalue weighted by molar-refractivity contribution is 5.87. The maximum absolute atomic E-state index is 13.1. The first-order valence-corrected chi connectivity index (χ1v) is 11.2. The molecule has 5 rings (SSSR count). The SMILES string of the molecule is CC1(C)CC(NC(=O)C23CC(c4ccc(OC/C(=C/F)CN)cc4)(C2)C3)CC(C)(C)O1. The number of carbonyl (C=O) groups is 1. The van der Waals surface area contributed by atoms with Crippen LogP contribution in [-0.4, -0.2) is 36.3 Å². The zero-order valence-electron chi connectivity index (χ0n) is 19.1. The molecule has 4 aliphatic rings. The van der Waals surface area contributed by atoms with E-state index in [0.29, 0.717) is 17.7 Å². The van der Waals surface area contributed by atoms with Crippen molar-refractivity contribution in [2.75, 3.05) is 13.2 Å². The Bertz CT molecular complexity index is 839. The highest BCUT2D eigenvalue weighted by Crippen LogP contribution is 2.73. The van der Waals surface area contributed by atoms with Gasteiger partial charge in [0.1, 0.15) is 12.4 Å². The van der Waals surface area contributed by atoms with Crippen LogP contribution in [0.4, 0.5) is 4.39 Å². The summed E-state index contributed by atoms with van der Waals surface area (Å²) in [5, 5.41) is 3.34. The third kappa shape index (κ3) is 4.24. The summed E-state index contributed by atoms with van der Waals surface area (Å²) in [7, 11) is 0. The highest BCUT2D eigenvalue weighted by atomic mass is 19.1. The van der Waals surface area contributed by atoms with Gasteiger partial charge in [-0.15, -0.1) is 0 Å². The van der Waals surface area contributed by atoms with E-state index in [9.17, 15) is 9.18 Å². The Balaban J connectivity index is 1.31. The largest absolute Gasteiger partial charge is 0.489 e. The van der Waals surface area contributed by atoms with Crippen LogP contribution in [0.2, 0.25) is 0 Å². The average molecular weight is 431 g/mol. The summed E-state index contributed by atoms with van der Waals surface area (Å²) in [5.41, 5.74) is 6.59. The van der Waals surface area contributed by atoms with Gasteiger partial charge in [0.25, 0.3) is 0 Å². The van der Waals surface area contributed by atoms with Crippen LogP contribution in [0.1, 0.15) is 65.4 Å². The van der Waals surface area contributed by atoms with Crippen molar-refractivity contribution < 1.29 is 18.7 Å². The summed E-state index contributed by atoms with van der Waals surface area (Å²) >= 11 is 0. The van der Waals surface area contributed by atoms with Gasteiger partial charge in [0.2, 0.25) is 5.91 Å². The monoisotopic (exact) mass is 430 g/mol. The number of carbonyl (C=O) groups excluding carboxylic acids is 1. The molecule has 4 fully saturated rings. The summed E-state index contributed by atoms with van der Waals surface area (Å²) in [4.78, 5) is 13.1. The van der Waals surface area contributed by atoms with Crippen molar-refractivity contribution in [3.63, 3.8) is 0 Å². The van der Waals surface area contributed by atoms with Gasteiger partial charge in [-0.1, -0.05) is 12.1 Å². The van der Waals surface area contributed by atoms with E-state index in [1.54, 1.807) is 0 Å². The predicted octanol–water partition coefficient (Wildman–Crippen LogP) is 4.15. The van der Waals surface area contributed by atoms with Gasteiger partial charge >= 0.3 is 0 Å². The van der Waals surface area contributed by atoms with Crippen molar-refractivity contribution in [1.29, 1.82) is 0 Å². The molecular weight excluding hydrogens is 395 g/mol. The standard InChI is InChI=1S/C25H35FN2O3/c1-22(2)9-19(10-23(3,4)31-22)28-21(29)25-14-24(15-25,16-25)18-5-7-20(8-6-18)30-13-17(11-26)12-27/h5-8,11,19H,9-10,12-16,27H2,1-4H3,(H,28,29)/b17-11+. The van der Waals surface area contributed by atoms with E-state index in [0.717, 1.165) is 32.1 Å². The fraction of sp³-hybridized carbons (Fsp3) is 0.640. The Morgan fingerprint density at radius 1 is 1.16 bits per heavy atom. The van der Waals surface area contributed by atoms with Gasteiger partial charge in [-0.3, -0.25) is 4.79 Å². The smallest absolute Gasteiger partial charge is 0.226 e. The molecule has 6 heteroatoms. The van der Waals surface area contributed by atoms with E-state index in [-0.39, 0.29) is 47.1 Å². The van der Waals surface area contributed by atoms with Crippen LogP contribution in [-0.2, 0) is 14.9 Å². The topological polar surface area (TPSA) is 73.6 Å². The first-order valence-electron chi connectivity index (χ1n) is 11.2. The van der Waals surface area contributed by atoms with Crippen molar-refractivity contribution in [2.45, 2.75) is 82.5 Å². The van der Waals surface area contributed by atoms with E-state index < -0.39 is 0 Å². The zero-order valence-corrected chi connectivity index (χ0v) is 19.1. The van der Waals surface area contributed by atoms with Gasteiger partial charge in [-0.2, -0.15) is 0 Å². The Labute approximate surface area is 184 Å². The molecule has 0 spiro atoms. The van der Waals surface area contributed by atoms with Crippen molar-refractivity contribution in [3.05, 3.63) is 41.7 Å². The maximum atomic E-state index is 13.1. The lowest BCUT2D eigenvalue weighted by molar-refractivity contribution is -0.184. The van der Waals surface area contributed by atoms with E-state index in [2.05, 4.69) is 45.1 Å². The molecule has 0 radical (unpaired) electrons. The fourth-order valence-corrected chi connectivity index (χ4v) is 6.08. The van der Waals surface area contributed by atoms with Crippen LogP contribution in [0.5, 0.6) is 5.75 Å². The molecule has 1 heterocycles. The molecular formula is C25H35FN2O3. The van der Waals surface area contributed by atoms with Crippen molar-refractivity contribution in [3.8, 4) is 5.75 Å². The number of hydrogen-bond acceptors (Lipinski definition) is 4. The lowest BCUT2D eigenvalue weighted by Crippen LogP contribution is -2.71. The molecule has 3 saturated carbocycles. The lowest BCUT2D eigenvalue weighted by atomic mass is 9.33. The van der Waals surface area contributed by atoms with E-state index >= 15 is 0 Å². The molecule has 3 N–H and O–H groups in total. The number of hydrogen-bond donors (Lipinski definition) is 2. The van der Waals surface area contributed by atoms with Gasteiger partial charge in [0.05, 0.1) is 22.9 Å². The molecule has 3 aliphatic carbocycles. The van der Waals surface area contributed by atoms with E-state index in [4.69, 9.17) is 15.2 Å². The Kier molecular flexibility index (Phi) is 5.46. The zero-order chi connectivity index (χ0) is 22.5. The summed E-state index contributed by atoms with van der Waals surface area (Å²) in [6.07, 6.45) is 4.91. The third-order valence-corrected chi connectivity index (χ3v) is 7.18. The number of rotatable bonds is 7. The average Bonchev–Trinajstić information content (AvgIpc) is 2.58. The second-order valence-electron chi connectivity index (χ2n) is 11.1. The summed E-state index contributed by atoms with van der Waals surface area (Å²) < 4.78 is 24.3. The molecule has 2 bridgehead atoms. The molecule has 0 unspecified atom stereocenters. The molecule has 1 aromatic carbocycles. The fourth-order valence-electron chi connectivity index (χ4n) is 6.08. The summed E-state index contributed by atoms with van der Waals surface area (Å²) in [6.45, 7) is 8.69. The van der Waals surface area contributed by atoms with Crippen LogP contribution >= 0.6 is 0 Å². The molecule has 1 aliphatic heterocycles. The number of benzene rings is 1. The first-order chi connectivity index (χ1) is 14.5. The summed E-state index contributed by atoms with van der Waals surface area (Å²) in [5.74, 6) is 0.903. The second kappa shape index (κ2) is 7.59. The van der Waals surface area contributed by atoms with Crippen LogP contribution in [0.25, 0.3) is 0 Å². The number of nitrogens with two attached hydrogens (primary N) is 1.